The molecule has 0 unspecified atom stereocenters. The van der Waals surface area contributed by atoms with Gasteiger partial charge >= 0.3 is 0 Å². The smallest absolute Gasteiger partial charge is 0.230 e. The number of rotatable bonds is 6. The molecule has 4 aromatic rings. The van der Waals surface area contributed by atoms with Crippen LogP contribution in [0.2, 0.25) is 5.02 Å². The minimum Gasteiger partial charge on any atom is -0.302 e. The summed E-state index contributed by atoms with van der Waals surface area (Å²) in [6.45, 7) is 0. The van der Waals surface area contributed by atoms with Crippen molar-refractivity contribution in [2.45, 2.75) is 12.8 Å². The number of carbonyl (C=O) groups is 1. The molecule has 1 N–H and O–H groups in total. The summed E-state index contributed by atoms with van der Waals surface area (Å²) >= 11 is 7.66. The van der Waals surface area contributed by atoms with Gasteiger partial charge in [0.2, 0.25) is 5.91 Å². The van der Waals surface area contributed by atoms with Crippen molar-refractivity contribution in [2.24, 2.45) is 0 Å². The molecule has 140 valence electrons. The van der Waals surface area contributed by atoms with Crippen LogP contribution in [-0.2, 0) is 17.6 Å². The molecule has 4 rings (SSSR count). The number of hydrogen-bond donors (Lipinski definition) is 1. The fraction of sp³-hybridized carbons (Fsp3) is 0.0952. The first-order chi connectivity index (χ1) is 13.7. The molecule has 0 saturated heterocycles. The quantitative estimate of drug-likeness (QED) is 0.500. The molecule has 0 aliphatic rings. The fourth-order valence-electron chi connectivity index (χ4n) is 2.80. The van der Waals surface area contributed by atoms with E-state index in [9.17, 15) is 4.79 Å². The van der Waals surface area contributed by atoms with Gasteiger partial charge in [-0.15, -0.1) is 11.3 Å². The first-order valence-electron chi connectivity index (χ1n) is 8.74. The van der Waals surface area contributed by atoms with Crippen LogP contribution in [0.4, 0.5) is 5.13 Å². The van der Waals surface area contributed by atoms with E-state index in [1.165, 1.54) is 11.3 Å². The molecule has 0 spiro atoms. The second-order valence-corrected chi connectivity index (χ2v) is 7.78. The zero-order valence-corrected chi connectivity index (χ0v) is 16.5. The van der Waals surface area contributed by atoms with Gasteiger partial charge in [-0.1, -0.05) is 48.0 Å². The third kappa shape index (κ3) is 4.47. The highest BCUT2D eigenvalue weighted by Crippen LogP contribution is 2.24. The molecule has 28 heavy (non-hydrogen) atoms. The second-order valence-electron chi connectivity index (χ2n) is 6.25. The molecule has 0 aliphatic carbocycles. The van der Waals surface area contributed by atoms with Crippen molar-refractivity contribution in [1.29, 1.82) is 0 Å². The minimum atomic E-state index is -0.119. The van der Waals surface area contributed by atoms with Crippen LogP contribution in [0, 0.1) is 0 Å². The summed E-state index contributed by atoms with van der Waals surface area (Å²) in [5.41, 5.74) is 2.84. The number of anilines is 1. The summed E-state index contributed by atoms with van der Waals surface area (Å²) in [6, 6.07) is 17.5. The minimum absolute atomic E-state index is 0.119. The van der Waals surface area contributed by atoms with Gasteiger partial charge in [-0.3, -0.25) is 4.79 Å². The molecular formula is C21H17ClN4OS. The van der Waals surface area contributed by atoms with Gasteiger partial charge in [-0.25, -0.2) is 9.67 Å². The van der Waals surface area contributed by atoms with Crippen LogP contribution in [0.5, 0.6) is 0 Å². The highest BCUT2D eigenvalue weighted by molar-refractivity contribution is 7.15. The van der Waals surface area contributed by atoms with Crippen LogP contribution in [0.1, 0.15) is 16.0 Å². The topological polar surface area (TPSA) is 59.8 Å². The Hall–Kier alpha value is -2.96. The van der Waals surface area contributed by atoms with E-state index in [2.05, 4.69) is 15.4 Å². The van der Waals surface area contributed by atoms with Gasteiger partial charge in [0.1, 0.15) is 0 Å². The highest BCUT2D eigenvalue weighted by Gasteiger charge is 2.11. The highest BCUT2D eigenvalue weighted by atomic mass is 35.5. The molecule has 1 amide bonds. The van der Waals surface area contributed by atoms with Gasteiger partial charge in [-0.2, -0.15) is 5.10 Å². The maximum absolute atomic E-state index is 12.3. The fourth-order valence-corrected chi connectivity index (χ4v) is 3.85. The summed E-state index contributed by atoms with van der Waals surface area (Å²) in [7, 11) is 0. The number of benzene rings is 2. The van der Waals surface area contributed by atoms with Gasteiger partial charge < -0.3 is 5.32 Å². The number of carbonyl (C=O) groups excluding carboxylic acids is 1. The molecule has 0 aliphatic heterocycles. The lowest BCUT2D eigenvalue weighted by Crippen LogP contribution is -2.13. The largest absolute Gasteiger partial charge is 0.302 e. The van der Waals surface area contributed by atoms with Gasteiger partial charge in [0.25, 0.3) is 0 Å². The molecule has 7 heteroatoms. The monoisotopic (exact) mass is 408 g/mol. The average Bonchev–Trinajstić information content (AvgIpc) is 3.34. The van der Waals surface area contributed by atoms with Crippen molar-refractivity contribution in [3.8, 4) is 5.69 Å². The number of nitrogens with zero attached hydrogens (tertiary/aromatic N) is 3. The summed E-state index contributed by atoms with van der Waals surface area (Å²) in [4.78, 5) is 17.7. The molecule has 2 aromatic carbocycles. The van der Waals surface area contributed by atoms with Crippen molar-refractivity contribution < 1.29 is 4.79 Å². The van der Waals surface area contributed by atoms with E-state index in [0.717, 1.165) is 26.7 Å². The normalized spacial score (nSPS) is 10.8. The first kappa shape index (κ1) is 18.4. The lowest BCUT2D eigenvalue weighted by atomic mass is 10.1. The Bertz CT molecular complexity index is 1090. The second kappa shape index (κ2) is 8.37. The Morgan fingerprint density at radius 2 is 1.86 bits per heavy atom. The van der Waals surface area contributed by atoms with Crippen molar-refractivity contribution in [3.05, 3.63) is 94.2 Å². The molecule has 0 bridgehead atoms. The van der Waals surface area contributed by atoms with Gasteiger partial charge in [0.05, 0.1) is 18.3 Å². The number of para-hydroxylation sites is 1. The number of hydrogen-bond acceptors (Lipinski definition) is 4. The van der Waals surface area contributed by atoms with Gasteiger partial charge in [0.15, 0.2) is 5.13 Å². The van der Waals surface area contributed by atoms with E-state index in [1.807, 2.05) is 60.8 Å². The van der Waals surface area contributed by atoms with Gasteiger partial charge in [0, 0.05) is 28.7 Å². The lowest BCUT2D eigenvalue weighted by molar-refractivity contribution is -0.115. The molecule has 0 radical (unpaired) electrons. The van der Waals surface area contributed by atoms with Crippen LogP contribution < -0.4 is 5.32 Å². The Morgan fingerprint density at radius 1 is 1.07 bits per heavy atom. The van der Waals surface area contributed by atoms with E-state index in [-0.39, 0.29) is 12.3 Å². The molecule has 0 atom stereocenters. The maximum Gasteiger partial charge on any atom is 0.230 e. The SMILES string of the molecule is O=C(Cc1cnn(-c2ccccc2)c1)Nc1ncc(Cc2ccccc2Cl)s1. The average molecular weight is 409 g/mol. The van der Waals surface area contributed by atoms with Crippen molar-refractivity contribution in [1.82, 2.24) is 14.8 Å². The summed E-state index contributed by atoms with van der Waals surface area (Å²) in [5, 5.41) is 8.49. The van der Waals surface area contributed by atoms with Crippen LogP contribution in [-0.4, -0.2) is 20.7 Å². The molecule has 5 nitrogen and oxygen atoms in total. The molecule has 0 saturated carbocycles. The van der Waals surface area contributed by atoms with E-state index < -0.39 is 0 Å². The lowest BCUT2D eigenvalue weighted by Gasteiger charge is -2.01. The van der Waals surface area contributed by atoms with Crippen LogP contribution in [0.15, 0.2) is 73.2 Å². The first-order valence-corrected chi connectivity index (χ1v) is 9.94. The molecule has 0 fully saturated rings. The summed E-state index contributed by atoms with van der Waals surface area (Å²) < 4.78 is 1.76. The number of nitrogens with one attached hydrogen (secondary N) is 1. The van der Waals surface area contributed by atoms with E-state index in [1.54, 1.807) is 17.1 Å². The Balaban J connectivity index is 1.36. The predicted molar refractivity (Wildman–Crippen MR) is 112 cm³/mol. The zero-order chi connectivity index (χ0) is 19.3. The third-order valence-corrected chi connectivity index (χ3v) is 5.43. The van der Waals surface area contributed by atoms with E-state index >= 15 is 0 Å². The van der Waals surface area contributed by atoms with Crippen molar-refractivity contribution in [3.63, 3.8) is 0 Å². The molecule has 2 heterocycles. The number of thiazole rings is 1. The van der Waals surface area contributed by atoms with Crippen LogP contribution in [0.25, 0.3) is 5.69 Å². The summed E-state index contributed by atoms with van der Waals surface area (Å²) in [5.74, 6) is -0.119. The third-order valence-electron chi connectivity index (χ3n) is 4.14. The number of aromatic nitrogens is 3. The number of halogens is 1. The number of amides is 1. The maximum atomic E-state index is 12.3. The predicted octanol–water partition coefficient (Wildman–Crippen LogP) is 4.75. The summed E-state index contributed by atoms with van der Waals surface area (Å²) in [6.07, 6.45) is 6.28. The molecule has 2 aromatic heterocycles. The van der Waals surface area contributed by atoms with Crippen molar-refractivity contribution in [2.75, 3.05) is 5.32 Å². The molecular weight excluding hydrogens is 392 g/mol. The van der Waals surface area contributed by atoms with Gasteiger partial charge in [-0.05, 0) is 29.3 Å². The Labute approximate surface area is 171 Å². The zero-order valence-electron chi connectivity index (χ0n) is 14.9. The Morgan fingerprint density at radius 3 is 2.68 bits per heavy atom. The standard InChI is InChI=1S/C21H17ClN4OS/c22-19-9-5-4-6-16(19)11-18-13-23-21(28-18)25-20(27)10-15-12-24-26(14-15)17-7-2-1-3-8-17/h1-9,12-14H,10-11H2,(H,23,25,27). The Kier molecular flexibility index (Phi) is 5.50. The van der Waals surface area contributed by atoms with E-state index in [0.29, 0.717) is 11.6 Å². The van der Waals surface area contributed by atoms with Crippen LogP contribution >= 0.6 is 22.9 Å². The van der Waals surface area contributed by atoms with E-state index in [4.69, 9.17) is 11.6 Å². The van der Waals surface area contributed by atoms with Crippen molar-refractivity contribution >= 4 is 34.0 Å². The van der Waals surface area contributed by atoms with Crippen LogP contribution in [0.3, 0.4) is 0 Å².